The zero-order valence-electron chi connectivity index (χ0n) is 16.4. The van der Waals surface area contributed by atoms with E-state index >= 15 is 0 Å². The Balaban J connectivity index is 2.18. The summed E-state index contributed by atoms with van der Waals surface area (Å²) in [7, 11) is -1.99. The number of rotatable bonds is 7. The molecule has 0 amide bonds. The molecule has 6 nitrogen and oxygen atoms in total. The molecule has 148 valence electrons. The first-order chi connectivity index (χ1) is 13.4. The molecule has 0 atom stereocenters. The third kappa shape index (κ3) is 3.31. The number of aryl methyl sites for hydroxylation is 1. The number of benzene rings is 2. The molecule has 3 aromatic rings. The summed E-state index contributed by atoms with van der Waals surface area (Å²) in [5.41, 5.74) is 3.60. The highest BCUT2D eigenvalue weighted by Gasteiger charge is 2.23. The maximum absolute atomic E-state index is 12.8. The van der Waals surface area contributed by atoms with E-state index in [-0.39, 0.29) is 4.90 Å². The second kappa shape index (κ2) is 7.77. The molecule has 0 aliphatic heterocycles. The normalized spacial score (nSPS) is 11.9. The van der Waals surface area contributed by atoms with Gasteiger partial charge < -0.3 is 9.72 Å². The molecule has 2 aromatic carbocycles. The molecule has 1 heterocycles. The van der Waals surface area contributed by atoms with E-state index in [0.717, 1.165) is 23.2 Å². The standard InChI is InChI=1S/C21H24N2O4S/c1-5-23(6-2)28(25,26)16-8-9-19-17(12-16)18(13-24)21(22-19)15-7-10-20(27-4)14(3)11-15/h7-13,22H,5-6H2,1-4H3. The van der Waals surface area contributed by atoms with Crippen molar-refractivity contribution in [1.82, 2.24) is 9.29 Å². The number of hydrogen-bond acceptors (Lipinski definition) is 4. The molecule has 0 aliphatic carbocycles. The van der Waals surface area contributed by atoms with Crippen molar-refractivity contribution in [2.45, 2.75) is 25.7 Å². The van der Waals surface area contributed by atoms with E-state index in [9.17, 15) is 13.2 Å². The van der Waals surface area contributed by atoms with Crippen LogP contribution in [0.5, 0.6) is 5.75 Å². The van der Waals surface area contributed by atoms with Crippen LogP contribution in [0.3, 0.4) is 0 Å². The number of aldehydes is 1. The Hall–Kier alpha value is -2.64. The van der Waals surface area contributed by atoms with E-state index in [1.165, 1.54) is 4.31 Å². The Morgan fingerprint density at radius 1 is 1.11 bits per heavy atom. The molecule has 0 unspecified atom stereocenters. The first-order valence-electron chi connectivity index (χ1n) is 9.13. The molecule has 28 heavy (non-hydrogen) atoms. The zero-order chi connectivity index (χ0) is 20.5. The van der Waals surface area contributed by atoms with E-state index in [1.807, 2.05) is 25.1 Å². The lowest BCUT2D eigenvalue weighted by molar-refractivity contribution is 0.112. The Labute approximate surface area is 165 Å². The highest BCUT2D eigenvalue weighted by atomic mass is 32.2. The number of carbonyl (C=O) groups is 1. The Kier molecular flexibility index (Phi) is 5.58. The van der Waals surface area contributed by atoms with Crippen LogP contribution in [0, 0.1) is 6.92 Å². The molecule has 1 aromatic heterocycles. The second-order valence-electron chi connectivity index (χ2n) is 6.51. The largest absolute Gasteiger partial charge is 0.496 e. The number of aromatic nitrogens is 1. The summed E-state index contributed by atoms with van der Waals surface area (Å²) < 4.78 is 32.4. The van der Waals surface area contributed by atoms with E-state index in [4.69, 9.17) is 4.74 Å². The summed E-state index contributed by atoms with van der Waals surface area (Å²) in [6.45, 7) is 6.32. The van der Waals surface area contributed by atoms with Crippen LogP contribution in [-0.2, 0) is 10.0 Å². The molecule has 0 aliphatic rings. The minimum absolute atomic E-state index is 0.184. The third-order valence-electron chi connectivity index (χ3n) is 4.95. The van der Waals surface area contributed by atoms with Crippen LogP contribution in [0.2, 0.25) is 0 Å². The minimum atomic E-state index is -3.60. The van der Waals surface area contributed by atoms with Gasteiger partial charge in [-0.15, -0.1) is 0 Å². The predicted octanol–water partition coefficient (Wildman–Crippen LogP) is 3.99. The predicted molar refractivity (Wildman–Crippen MR) is 111 cm³/mol. The number of ether oxygens (including phenoxy) is 1. The van der Waals surface area contributed by atoms with Gasteiger partial charge in [0.2, 0.25) is 10.0 Å². The Morgan fingerprint density at radius 2 is 1.82 bits per heavy atom. The number of carbonyl (C=O) groups excluding carboxylic acids is 1. The quantitative estimate of drug-likeness (QED) is 0.608. The highest BCUT2D eigenvalue weighted by molar-refractivity contribution is 7.89. The lowest BCUT2D eigenvalue weighted by atomic mass is 10.0. The van der Waals surface area contributed by atoms with Crippen LogP contribution in [0.4, 0.5) is 0 Å². The van der Waals surface area contributed by atoms with Gasteiger partial charge >= 0.3 is 0 Å². The molecule has 0 spiro atoms. The summed E-state index contributed by atoms with van der Waals surface area (Å²) >= 11 is 0. The Morgan fingerprint density at radius 3 is 2.39 bits per heavy atom. The van der Waals surface area contributed by atoms with Crippen molar-refractivity contribution in [3.8, 4) is 17.0 Å². The number of methoxy groups -OCH3 is 1. The average Bonchev–Trinajstić information content (AvgIpc) is 3.06. The highest BCUT2D eigenvalue weighted by Crippen LogP contribution is 2.33. The molecule has 0 radical (unpaired) electrons. The van der Waals surface area contributed by atoms with Crippen LogP contribution >= 0.6 is 0 Å². The molecule has 0 saturated carbocycles. The van der Waals surface area contributed by atoms with Gasteiger partial charge in [-0.2, -0.15) is 4.31 Å². The number of nitrogens with one attached hydrogen (secondary N) is 1. The summed E-state index contributed by atoms with van der Waals surface area (Å²) in [6.07, 6.45) is 0.765. The number of nitrogens with zero attached hydrogens (tertiary/aromatic N) is 1. The van der Waals surface area contributed by atoms with Crippen LogP contribution in [-0.4, -0.2) is 44.2 Å². The van der Waals surface area contributed by atoms with Gasteiger partial charge in [0, 0.05) is 29.6 Å². The summed E-state index contributed by atoms with van der Waals surface area (Å²) in [5, 5.41) is 0.590. The number of sulfonamides is 1. The van der Waals surface area contributed by atoms with Gasteiger partial charge in [0.15, 0.2) is 6.29 Å². The summed E-state index contributed by atoms with van der Waals surface area (Å²) in [4.78, 5) is 15.3. The molecule has 1 N–H and O–H groups in total. The van der Waals surface area contributed by atoms with Crippen molar-refractivity contribution in [3.05, 3.63) is 47.5 Å². The lowest BCUT2D eigenvalue weighted by Gasteiger charge is -2.18. The second-order valence-corrected chi connectivity index (χ2v) is 8.45. The monoisotopic (exact) mass is 400 g/mol. The van der Waals surface area contributed by atoms with Gasteiger partial charge in [-0.3, -0.25) is 4.79 Å². The minimum Gasteiger partial charge on any atom is -0.496 e. The first-order valence-corrected chi connectivity index (χ1v) is 10.6. The number of fused-ring (bicyclic) bond motifs is 1. The van der Waals surface area contributed by atoms with E-state index in [1.54, 1.807) is 39.2 Å². The molecule has 0 fully saturated rings. The van der Waals surface area contributed by atoms with Crippen LogP contribution in [0.25, 0.3) is 22.2 Å². The fourth-order valence-corrected chi connectivity index (χ4v) is 4.93. The number of aromatic amines is 1. The van der Waals surface area contributed by atoms with Crippen LogP contribution in [0.15, 0.2) is 41.3 Å². The fraction of sp³-hybridized carbons (Fsp3) is 0.286. The maximum atomic E-state index is 12.8. The molecular weight excluding hydrogens is 376 g/mol. The van der Waals surface area contributed by atoms with Gasteiger partial charge in [0.25, 0.3) is 0 Å². The van der Waals surface area contributed by atoms with Gasteiger partial charge in [0.1, 0.15) is 5.75 Å². The molecule has 7 heteroatoms. The Bertz CT molecular complexity index is 1130. The van der Waals surface area contributed by atoms with Crippen molar-refractivity contribution < 1.29 is 17.9 Å². The van der Waals surface area contributed by atoms with E-state index < -0.39 is 10.0 Å². The maximum Gasteiger partial charge on any atom is 0.243 e. The van der Waals surface area contributed by atoms with Crippen LogP contribution in [0.1, 0.15) is 29.8 Å². The van der Waals surface area contributed by atoms with Crippen molar-refractivity contribution >= 4 is 27.2 Å². The number of H-pyrrole nitrogens is 1. The van der Waals surface area contributed by atoms with Crippen molar-refractivity contribution in [2.75, 3.05) is 20.2 Å². The van der Waals surface area contributed by atoms with Crippen LogP contribution < -0.4 is 4.74 Å². The van der Waals surface area contributed by atoms with E-state index in [2.05, 4.69) is 4.98 Å². The summed E-state index contributed by atoms with van der Waals surface area (Å²) in [5.74, 6) is 0.764. The van der Waals surface area contributed by atoms with Crippen molar-refractivity contribution in [3.63, 3.8) is 0 Å². The summed E-state index contributed by atoms with van der Waals surface area (Å²) in [6, 6.07) is 10.5. The van der Waals surface area contributed by atoms with Crippen molar-refractivity contribution in [2.24, 2.45) is 0 Å². The molecule has 0 saturated heterocycles. The van der Waals surface area contributed by atoms with Gasteiger partial charge in [-0.1, -0.05) is 13.8 Å². The van der Waals surface area contributed by atoms with E-state index in [0.29, 0.717) is 35.2 Å². The number of hydrogen-bond donors (Lipinski definition) is 1. The SMILES string of the molecule is CCN(CC)S(=O)(=O)c1ccc2[nH]c(-c3ccc(OC)c(C)c3)c(C=O)c2c1. The average molecular weight is 401 g/mol. The van der Waals surface area contributed by atoms with Gasteiger partial charge in [-0.25, -0.2) is 8.42 Å². The van der Waals surface area contributed by atoms with Gasteiger partial charge in [-0.05, 0) is 54.4 Å². The van der Waals surface area contributed by atoms with Crippen molar-refractivity contribution in [1.29, 1.82) is 0 Å². The lowest BCUT2D eigenvalue weighted by Crippen LogP contribution is -2.30. The topological polar surface area (TPSA) is 79.5 Å². The third-order valence-corrected chi connectivity index (χ3v) is 7.00. The molecule has 0 bridgehead atoms. The van der Waals surface area contributed by atoms with Gasteiger partial charge in [0.05, 0.1) is 17.7 Å². The first kappa shape index (κ1) is 20.1. The smallest absolute Gasteiger partial charge is 0.243 e. The molecule has 3 rings (SSSR count). The molecular formula is C21H24N2O4S. The fourth-order valence-electron chi connectivity index (χ4n) is 3.45. The zero-order valence-corrected chi connectivity index (χ0v) is 17.3.